The molecule has 40 heavy (non-hydrogen) atoms. The Labute approximate surface area is 227 Å². The highest BCUT2D eigenvalue weighted by atomic mass is 19.1. The number of Topliss-reactive ketones (excluding diaryl/α,β-unsaturated/α-hetero) is 2. The standard InChI is InChI=1S/C29H26FN2O8/c1-32(2)21-20-23(34)16-11-14-8-7-13(6-3-12-4-9-15(30)10-5-12)22(33)17(14)24(35)18(16)26(37)29(20,40)27(38)19(25(21)36)28(31)39/h3-11,16,20-21,23,33-35,38,40H,1-2H3,(H2,31,39)/b6-3+/t16-,20-,21+,23+,29+/m0/s1. The number of fused-ring (bicyclic) bond motifs is 3. The van der Waals surface area contributed by atoms with Gasteiger partial charge in [-0.1, -0.05) is 36.4 Å². The first-order valence-electron chi connectivity index (χ1n) is 12.3. The topological polar surface area (TPSA) is 182 Å². The fourth-order valence-electron chi connectivity index (χ4n) is 5.92. The second-order valence-corrected chi connectivity index (χ2v) is 10.3. The third-order valence-electron chi connectivity index (χ3n) is 7.82. The van der Waals surface area contributed by atoms with E-state index in [-0.39, 0.29) is 16.7 Å². The summed E-state index contributed by atoms with van der Waals surface area (Å²) in [6, 6.07) is 7.24. The van der Waals surface area contributed by atoms with Crippen LogP contribution in [-0.4, -0.2) is 79.7 Å². The highest BCUT2D eigenvalue weighted by Gasteiger charge is 2.67. The molecule has 0 unspecified atom stereocenters. The normalized spacial score (nSPS) is 28.1. The van der Waals surface area contributed by atoms with Gasteiger partial charge in [0.25, 0.3) is 5.91 Å². The molecule has 2 aromatic rings. The molecule has 3 aliphatic rings. The molecule has 0 aromatic heterocycles. The molecule has 0 saturated heterocycles. The number of hydrogen-bond donors (Lipinski definition) is 6. The third-order valence-corrected chi connectivity index (χ3v) is 7.82. The number of amides is 1. The molecule has 0 aliphatic heterocycles. The Kier molecular flexibility index (Phi) is 6.41. The van der Waals surface area contributed by atoms with E-state index < -0.39 is 81.3 Å². The lowest BCUT2D eigenvalue weighted by atomic mass is 9.56. The maximum Gasteiger partial charge on any atom is 0.255 e. The molecule has 2 aromatic carbocycles. The lowest BCUT2D eigenvalue weighted by molar-refractivity contribution is -0.167. The van der Waals surface area contributed by atoms with E-state index in [4.69, 9.17) is 5.73 Å². The quantitative estimate of drug-likeness (QED) is 0.242. The first kappa shape index (κ1) is 27.3. The number of aromatic hydroxyl groups is 1. The van der Waals surface area contributed by atoms with E-state index in [9.17, 15) is 44.3 Å². The first-order valence-corrected chi connectivity index (χ1v) is 12.3. The number of nitrogens with zero attached hydrogens (tertiary/aromatic N) is 1. The smallest absolute Gasteiger partial charge is 0.255 e. The van der Waals surface area contributed by atoms with Gasteiger partial charge in [0, 0.05) is 23.5 Å². The minimum atomic E-state index is -2.98. The number of carbonyl (C=O) groups excluding carboxylic acids is 3. The minimum Gasteiger partial charge on any atom is -0.508 e. The van der Waals surface area contributed by atoms with Crippen molar-refractivity contribution in [2.24, 2.45) is 17.6 Å². The van der Waals surface area contributed by atoms with Crippen molar-refractivity contribution in [1.82, 2.24) is 4.90 Å². The SMILES string of the molecule is CN(C)[C@H]1C(=O)C(C(N)=O)=C(O)[C@]2(O)C(=O)C3=C(O)c4c(ccc(/C=C/c5ccc(F)cc5)c4O)[CH][C@@H]3[C@@H](O)[C@H]12. The van der Waals surface area contributed by atoms with Gasteiger partial charge in [-0.25, -0.2) is 4.39 Å². The van der Waals surface area contributed by atoms with Gasteiger partial charge in [0.1, 0.15) is 28.7 Å². The van der Waals surface area contributed by atoms with Crippen LogP contribution in [-0.2, 0) is 14.4 Å². The maximum atomic E-state index is 13.9. The molecule has 0 spiro atoms. The lowest BCUT2D eigenvalue weighted by Crippen LogP contribution is -2.70. The van der Waals surface area contributed by atoms with Gasteiger partial charge < -0.3 is 31.3 Å². The zero-order chi connectivity index (χ0) is 29.3. The van der Waals surface area contributed by atoms with E-state index >= 15 is 0 Å². The summed E-state index contributed by atoms with van der Waals surface area (Å²) < 4.78 is 13.2. The zero-order valence-corrected chi connectivity index (χ0v) is 21.4. The number of halogens is 1. The van der Waals surface area contributed by atoms with Crippen molar-refractivity contribution in [3.05, 3.63) is 87.8 Å². The van der Waals surface area contributed by atoms with E-state index in [0.29, 0.717) is 5.56 Å². The van der Waals surface area contributed by atoms with Gasteiger partial charge in [-0.2, -0.15) is 0 Å². The third kappa shape index (κ3) is 3.77. The molecular weight excluding hydrogens is 523 g/mol. The average molecular weight is 550 g/mol. The van der Waals surface area contributed by atoms with E-state index in [1.807, 2.05) is 0 Å². The highest BCUT2D eigenvalue weighted by Crippen LogP contribution is 2.53. The summed E-state index contributed by atoms with van der Waals surface area (Å²) in [6.07, 6.45) is 2.83. The van der Waals surface area contributed by atoms with E-state index in [0.717, 1.165) is 0 Å². The summed E-state index contributed by atoms with van der Waals surface area (Å²) in [5, 5.41) is 56.3. The molecule has 1 fully saturated rings. The number of hydrogen-bond acceptors (Lipinski definition) is 9. The van der Waals surface area contributed by atoms with Crippen LogP contribution in [0.1, 0.15) is 22.3 Å². The van der Waals surface area contributed by atoms with Crippen LogP contribution in [0, 0.1) is 24.1 Å². The van der Waals surface area contributed by atoms with E-state index in [1.165, 1.54) is 61.8 Å². The molecule has 1 amide bonds. The van der Waals surface area contributed by atoms with Gasteiger partial charge >= 0.3 is 0 Å². The van der Waals surface area contributed by atoms with Crippen molar-refractivity contribution in [2.75, 3.05) is 14.1 Å². The number of phenolic OH excluding ortho intramolecular Hbond substituents is 1. The summed E-state index contributed by atoms with van der Waals surface area (Å²) in [4.78, 5) is 40.4. The number of carbonyl (C=O) groups is 3. The number of likely N-dealkylation sites (N-methyl/N-ethyl adjacent to an activating group) is 1. The number of aliphatic hydroxyl groups excluding tert-OH is 3. The van der Waals surface area contributed by atoms with Crippen LogP contribution in [0.3, 0.4) is 0 Å². The van der Waals surface area contributed by atoms with Gasteiger partial charge in [-0.15, -0.1) is 0 Å². The lowest BCUT2D eigenvalue weighted by Gasteiger charge is -2.52. The molecule has 5 atom stereocenters. The van der Waals surface area contributed by atoms with Crippen molar-refractivity contribution < 1.29 is 44.3 Å². The number of primary amides is 1. The number of rotatable bonds is 4. The summed E-state index contributed by atoms with van der Waals surface area (Å²) in [7, 11) is 2.87. The van der Waals surface area contributed by atoms with Gasteiger partial charge in [-0.05, 0) is 37.4 Å². The van der Waals surface area contributed by atoms with Crippen LogP contribution < -0.4 is 5.73 Å². The molecule has 11 heteroatoms. The molecular formula is C29H26FN2O8. The van der Waals surface area contributed by atoms with Crippen LogP contribution in [0.2, 0.25) is 0 Å². The molecule has 0 bridgehead atoms. The molecule has 3 aliphatic carbocycles. The Morgan fingerprint density at radius 3 is 2.30 bits per heavy atom. The largest absolute Gasteiger partial charge is 0.508 e. The fourth-order valence-corrected chi connectivity index (χ4v) is 5.92. The Morgan fingerprint density at radius 1 is 1.05 bits per heavy atom. The molecule has 1 radical (unpaired) electrons. The fraction of sp³-hybridized carbons (Fsp3) is 0.241. The molecule has 1 saturated carbocycles. The Balaban J connectivity index is 1.66. The van der Waals surface area contributed by atoms with Crippen LogP contribution >= 0.6 is 0 Å². The van der Waals surface area contributed by atoms with Crippen LogP contribution in [0.5, 0.6) is 5.75 Å². The van der Waals surface area contributed by atoms with Gasteiger partial charge in [0.05, 0.1) is 23.6 Å². The summed E-state index contributed by atoms with van der Waals surface area (Å²) in [5.74, 6) is -9.36. The number of phenols is 1. The molecule has 7 N–H and O–H groups in total. The summed E-state index contributed by atoms with van der Waals surface area (Å²) in [6.45, 7) is 0. The van der Waals surface area contributed by atoms with Gasteiger partial charge in [0.2, 0.25) is 5.78 Å². The van der Waals surface area contributed by atoms with E-state index in [1.54, 1.807) is 12.1 Å². The number of nitrogens with two attached hydrogens (primary N) is 1. The molecule has 5 rings (SSSR count). The zero-order valence-electron chi connectivity index (χ0n) is 21.4. The van der Waals surface area contributed by atoms with Crippen molar-refractivity contribution in [3.8, 4) is 5.75 Å². The van der Waals surface area contributed by atoms with Crippen LogP contribution in [0.4, 0.5) is 4.39 Å². The number of aliphatic hydroxyl groups is 4. The summed E-state index contributed by atoms with van der Waals surface area (Å²) >= 11 is 0. The molecule has 207 valence electrons. The van der Waals surface area contributed by atoms with Gasteiger partial charge in [-0.3, -0.25) is 19.3 Å². The second kappa shape index (κ2) is 9.40. The molecule has 0 heterocycles. The van der Waals surface area contributed by atoms with Gasteiger partial charge in [0.15, 0.2) is 11.4 Å². The molecule has 10 nitrogen and oxygen atoms in total. The minimum absolute atomic E-state index is 0.162. The summed E-state index contributed by atoms with van der Waals surface area (Å²) in [5.41, 5.74) is 1.79. The Morgan fingerprint density at radius 2 is 1.70 bits per heavy atom. The predicted molar refractivity (Wildman–Crippen MR) is 141 cm³/mol. The monoisotopic (exact) mass is 549 g/mol. The average Bonchev–Trinajstić information content (AvgIpc) is 2.89. The van der Waals surface area contributed by atoms with Crippen molar-refractivity contribution in [2.45, 2.75) is 17.7 Å². The predicted octanol–water partition coefficient (Wildman–Crippen LogP) is 1.25. The van der Waals surface area contributed by atoms with E-state index in [2.05, 4.69) is 0 Å². The van der Waals surface area contributed by atoms with Crippen LogP contribution in [0.25, 0.3) is 17.9 Å². The highest BCUT2D eigenvalue weighted by molar-refractivity contribution is 6.24. The Bertz CT molecular complexity index is 1560. The van der Waals surface area contributed by atoms with Crippen molar-refractivity contribution in [1.29, 1.82) is 0 Å². The first-order chi connectivity index (χ1) is 18.8. The Hall–Kier alpha value is -4.32. The van der Waals surface area contributed by atoms with Crippen LogP contribution in [0.15, 0.2) is 53.3 Å². The number of benzene rings is 2. The maximum absolute atomic E-state index is 13.9. The van der Waals surface area contributed by atoms with Crippen molar-refractivity contribution in [3.63, 3.8) is 0 Å². The second-order valence-electron chi connectivity index (χ2n) is 10.3. The van der Waals surface area contributed by atoms with Crippen molar-refractivity contribution >= 4 is 35.4 Å². The number of ketones is 2.